The summed E-state index contributed by atoms with van der Waals surface area (Å²) in [5.41, 5.74) is -0.142. The second-order valence-electron chi connectivity index (χ2n) is 5.26. The normalized spacial score (nSPS) is 12.6. The first-order valence-electron chi connectivity index (χ1n) is 7.07. The van der Waals surface area contributed by atoms with Crippen LogP contribution in [0.1, 0.15) is 19.5 Å². The van der Waals surface area contributed by atoms with Crippen molar-refractivity contribution in [3.8, 4) is 11.3 Å². The van der Waals surface area contributed by atoms with Crippen LogP contribution in [0.4, 0.5) is 18.9 Å². The summed E-state index contributed by atoms with van der Waals surface area (Å²) in [5.74, 6) is -4.46. The van der Waals surface area contributed by atoms with Crippen molar-refractivity contribution in [3.63, 3.8) is 0 Å². The molecule has 2 rings (SSSR count). The van der Waals surface area contributed by atoms with E-state index in [9.17, 15) is 18.0 Å². The third-order valence-corrected chi connectivity index (χ3v) is 3.24. The molecule has 1 unspecified atom stereocenters. The van der Waals surface area contributed by atoms with Crippen molar-refractivity contribution in [1.29, 1.82) is 0 Å². The molecule has 0 spiro atoms. The number of hydrogen-bond acceptors (Lipinski definition) is 5. The van der Waals surface area contributed by atoms with Gasteiger partial charge in [-0.1, -0.05) is 0 Å². The van der Waals surface area contributed by atoms with Crippen molar-refractivity contribution in [2.75, 3.05) is 12.4 Å². The predicted octanol–water partition coefficient (Wildman–Crippen LogP) is 3.37. The van der Waals surface area contributed by atoms with Gasteiger partial charge in [0.15, 0.2) is 0 Å². The largest absolute Gasteiger partial charge is 0.467 e. The number of carbonyl (C=O) groups is 1. The summed E-state index contributed by atoms with van der Waals surface area (Å²) in [6.07, 6.45) is 2.33. The SMILES string of the molecule is COC(=O)C(C)Nc1ccc(-c2cncc(F)c2)nc1C(C)(F)F. The van der Waals surface area contributed by atoms with Gasteiger partial charge in [-0.05, 0) is 25.1 Å². The molecule has 0 aliphatic heterocycles. The van der Waals surface area contributed by atoms with Gasteiger partial charge in [-0.3, -0.25) is 4.98 Å². The Morgan fingerprint density at radius 1 is 1.33 bits per heavy atom. The van der Waals surface area contributed by atoms with Gasteiger partial charge < -0.3 is 10.1 Å². The smallest absolute Gasteiger partial charge is 0.327 e. The van der Waals surface area contributed by atoms with Crippen LogP contribution < -0.4 is 5.32 Å². The second kappa shape index (κ2) is 6.86. The molecule has 0 saturated carbocycles. The maximum atomic E-state index is 13.9. The van der Waals surface area contributed by atoms with Gasteiger partial charge in [0.25, 0.3) is 5.92 Å². The monoisotopic (exact) mass is 339 g/mol. The lowest BCUT2D eigenvalue weighted by Crippen LogP contribution is -2.29. The van der Waals surface area contributed by atoms with Gasteiger partial charge in [-0.2, -0.15) is 8.78 Å². The first kappa shape index (κ1) is 17.7. The van der Waals surface area contributed by atoms with Crippen molar-refractivity contribution in [2.24, 2.45) is 0 Å². The number of carbonyl (C=O) groups excluding carboxylic acids is 1. The van der Waals surface area contributed by atoms with Gasteiger partial charge in [-0.15, -0.1) is 0 Å². The molecule has 24 heavy (non-hydrogen) atoms. The minimum absolute atomic E-state index is 0.00601. The summed E-state index contributed by atoms with van der Waals surface area (Å²) in [7, 11) is 1.20. The number of anilines is 1. The van der Waals surface area contributed by atoms with Crippen LogP contribution in [0.2, 0.25) is 0 Å². The number of aromatic nitrogens is 2. The summed E-state index contributed by atoms with van der Waals surface area (Å²) in [4.78, 5) is 19.1. The van der Waals surface area contributed by atoms with Gasteiger partial charge >= 0.3 is 5.97 Å². The molecular formula is C16H16F3N3O2. The number of hydrogen-bond donors (Lipinski definition) is 1. The van der Waals surface area contributed by atoms with Gasteiger partial charge in [0.1, 0.15) is 17.6 Å². The van der Waals surface area contributed by atoms with Gasteiger partial charge in [0.05, 0.1) is 24.7 Å². The van der Waals surface area contributed by atoms with E-state index in [1.807, 2.05) is 0 Å². The fourth-order valence-corrected chi connectivity index (χ4v) is 2.09. The van der Waals surface area contributed by atoms with Crippen LogP contribution in [0, 0.1) is 5.82 Å². The highest BCUT2D eigenvalue weighted by molar-refractivity contribution is 5.79. The van der Waals surface area contributed by atoms with Gasteiger partial charge in [0, 0.05) is 18.7 Å². The average molecular weight is 339 g/mol. The molecular weight excluding hydrogens is 323 g/mol. The number of nitrogens with one attached hydrogen (secondary N) is 1. The summed E-state index contributed by atoms with van der Waals surface area (Å²) in [5, 5.41) is 2.65. The number of methoxy groups -OCH3 is 1. The first-order chi connectivity index (χ1) is 11.2. The lowest BCUT2D eigenvalue weighted by atomic mass is 10.1. The first-order valence-corrected chi connectivity index (χ1v) is 7.07. The molecule has 0 bridgehead atoms. The van der Waals surface area contributed by atoms with E-state index >= 15 is 0 Å². The lowest BCUT2D eigenvalue weighted by molar-refractivity contribution is -0.141. The molecule has 1 atom stereocenters. The van der Waals surface area contributed by atoms with Crippen molar-refractivity contribution in [1.82, 2.24) is 9.97 Å². The minimum atomic E-state index is -3.27. The van der Waals surface area contributed by atoms with E-state index in [0.717, 1.165) is 12.3 Å². The Morgan fingerprint density at radius 3 is 2.62 bits per heavy atom. The van der Waals surface area contributed by atoms with Gasteiger partial charge in [-0.25, -0.2) is 14.2 Å². The van der Waals surface area contributed by atoms with Crippen LogP contribution in [0.15, 0.2) is 30.6 Å². The van der Waals surface area contributed by atoms with E-state index in [4.69, 9.17) is 0 Å². The highest BCUT2D eigenvalue weighted by atomic mass is 19.3. The van der Waals surface area contributed by atoms with E-state index in [-0.39, 0.29) is 16.9 Å². The Bertz CT molecular complexity index is 748. The summed E-state index contributed by atoms with van der Waals surface area (Å²) in [6.45, 7) is 2.17. The Hall–Kier alpha value is -2.64. The summed E-state index contributed by atoms with van der Waals surface area (Å²) in [6, 6.07) is 3.12. The zero-order valence-corrected chi connectivity index (χ0v) is 13.3. The Morgan fingerprint density at radius 2 is 2.04 bits per heavy atom. The Labute approximate surface area is 136 Å². The van der Waals surface area contributed by atoms with Crippen LogP contribution in [-0.2, 0) is 15.5 Å². The maximum absolute atomic E-state index is 13.9. The molecule has 0 radical (unpaired) electrons. The highest BCUT2D eigenvalue weighted by Crippen LogP contribution is 2.33. The van der Waals surface area contributed by atoms with Crippen LogP contribution in [0.5, 0.6) is 0 Å². The van der Waals surface area contributed by atoms with Gasteiger partial charge in [0.2, 0.25) is 0 Å². The van der Waals surface area contributed by atoms with E-state index in [1.54, 1.807) is 0 Å². The number of ether oxygens (including phenoxy) is 1. The Balaban J connectivity index is 2.45. The third-order valence-electron chi connectivity index (χ3n) is 3.24. The molecule has 0 aliphatic rings. The standard InChI is InChI=1S/C16H16F3N3O2/c1-9(15(23)24-3)21-13-5-4-12(22-14(13)16(2,18)19)10-6-11(17)8-20-7-10/h4-9,21H,1-3H3. The van der Waals surface area contributed by atoms with Crippen LogP contribution in [0.3, 0.4) is 0 Å². The Kier molecular flexibility index (Phi) is 5.06. The molecule has 5 nitrogen and oxygen atoms in total. The molecule has 2 heterocycles. The second-order valence-corrected chi connectivity index (χ2v) is 5.26. The fraction of sp³-hybridized carbons (Fsp3) is 0.312. The highest BCUT2D eigenvalue weighted by Gasteiger charge is 2.31. The van der Waals surface area contributed by atoms with Crippen LogP contribution in [-0.4, -0.2) is 29.1 Å². The molecule has 2 aromatic heterocycles. The molecule has 2 aromatic rings. The number of halogens is 3. The molecule has 1 N–H and O–H groups in total. The van der Waals surface area contributed by atoms with E-state index < -0.39 is 29.4 Å². The molecule has 8 heteroatoms. The molecule has 0 aliphatic carbocycles. The number of pyridine rings is 2. The quantitative estimate of drug-likeness (QED) is 0.846. The number of esters is 1. The average Bonchev–Trinajstić information content (AvgIpc) is 2.53. The van der Waals surface area contributed by atoms with Crippen molar-refractivity contribution < 1.29 is 22.7 Å². The fourth-order valence-electron chi connectivity index (χ4n) is 2.09. The topological polar surface area (TPSA) is 64.1 Å². The third kappa shape index (κ3) is 4.01. The van der Waals surface area contributed by atoms with Crippen molar-refractivity contribution >= 4 is 11.7 Å². The molecule has 0 saturated heterocycles. The van der Waals surface area contributed by atoms with E-state index in [0.29, 0.717) is 6.92 Å². The number of rotatable bonds is 5. The molecule has 0 fully saturated rings. The van der Waals surface area contributed by atoms with Crippen molar-refractivity contribution in [3.05, 3.63) is 42.1 Å². The minimum Gasteiger partial charge on any atom is -0.467 e. The predicted molar refractivity (Wildman–Crippen MR) is 82.1 cm³/mol. The number of alkyl halides is 2. The lowest BCUT2D eigenvalue weighted by Gasteiger charge is -2.19. The number of nitrogens with zero attached hydrogens (tertiary/aromatic N) is 2. The molecule has 0 amide bonds. The van der Waals surface area contributed by atoms with E-state index in [2.05, 4.69) is 20.0 Å². The molecule has 128 valence electrons. The summed E-state index contributed by atoms with van der Waals surface area (Å²) < 4.78 is 45.7. The summed E-state index contributed by atoms with van der Waals surface area (Å²) >= 11 is 0. The zero-order valence-electron chi connectivity index (χ0n) is 13.3. The molecule has 0 aromatic carbocycles. The van der Waals surface area contributed by atoms with E-state index in [1.165, 1.54) is 32.4 Å². The zero-order chi connectivity index (χ0) is 17.9. The van der Waals surface area contributed by atoms with Crippen LogP contribution in [0.25, 0.3) is 11.3 Å². The van der Waals surface area contributed by atoms with Crippen LogP contribution >= 0.6 is 0 Å². The maximum Gasteiger partial charge on any atom is 0.327 e. The van der Waals surface area contributed by atoms with Crippen molar-refractivity contribution in [2.45, 2.75) is 25.8 Å².